The SMILES string of the molecule is O=C(OOC(=O)C(O)CO)C(O)CO. The van der Waals surface area contributed by atoms with Crippen molar-refractivity contribution in [1.82, 2.24) is 0 Å². The minimum Gasteiger partial charge on any atom is -0.393 e. The molecule has 2 unspecified atom stereocenters. The van der Waals surface area contributed by atoms with E-state index in [-0.39, 0.29) is 0 Å². The van der Waals surface area contributed by atoms with Crippen molar-refractivity contribution < 1.29 is 39.8 Å². The fraction of sp³-hybridized carbons (Fsp3) is 0.667. The van der Waals surface area contributed by atoms with Crippen molar-refractivity contribution in [2.45, 2.75) is 12.2 Å². The number of rotatable bonds is 4. The number of carbonyl (C=O) groups is 2. The number of aliphatic hydroxyl groups excluding tert-OH is 4. The van der Waals surface area contributed by atoms with Crippen LogP contribution in [0.5, 0.6) is 0 Å². The van der Waals surface area contributed by atoms with E-state index >= 15 is 0 Å². The Labute approximate surface area is 78.2 Å². The second-order valence-corrected chi connectivity index (χ2v) is 2.20. The molecule has 0 amide bonds. The summed E-state index contributed by atoms with van der Waals surface area (Å²) in [5, 5.41) is 33.7. The Hall–Kier alpha value is -1.22. The molecule has 0 rings (SSSR count). The molecular formula is C6H10O8. The van der Waals surface area contributed by atoms with Crippen LogP contribution < -0.4 is 0 Å². The van der Waals surface area contributed by atoms with Crippen LogP contribution in [0.3, 0.4) is 0 Å². The normalized spacial score (nSPS) is 14.3. The third-order valence-electron chi connectivity index (χ3n) is 1.10. The van der Waals surface area contributed by atoms with E-state index in [4.69, 9.17) is 20.4 Å². The molecule has 82 valence electrons. The first-order valence-electron chi connectivity index (χ1n) is 3.53. The topological polar surface area (TPSA) is 134 Å². The van der Waals surface area contributed by atoms with Crippen molar-refractivity contribution in [3.05, 3.63) is 0 Å². The highest BCUT2D eigenvalue weighted by Gasteiger charge is 2.22. The molecule has 14 heavy (non-hydrogen) atoms. The Kier molecular flexibility index (Phi) is 5.72. The second kappa shape index (κ2) is 6.27. The van der Waals surface area contributed by atoms with Crippen LogP contribution in [0.2, 0.25) is 0 Å². The van der Waals surface area contributed by atoms with Gasteiger partial charge in [0.15, 0.2) is 12.2 Å². The van der Waals surface area contributed by atoms with E-state index in [1.165, 1.54) is 0 Å². The maximum Gasteiger partial charge on any atom is 0.386 e. The smallest absolute Gasteiger partial charge is 0.386 e. The number of aliphatic hydroxyl groups is 4. The summed E-state index contributed by atoms with van der Waals surface area (Å²) in [5.41, 5.74) is 0. The maximum absolute atomic E-state index is 10.5. The molecule has 0 heterocycles. The maximum atomic E-state index is 10.5. The van der Waals surface area contributed by atoms with Gasteiger partial charge in [0.05, 0.1) is 13.2 Å². The molecule has 0 bridgehead atoms. The summed E-state index contributed by atoms with van der Waals surface area (Å²) in [6.45, 7) is -1.78. The molecule has 0 aliphatic heterocycles. The van der Waals surface area contributed by atoms with Crippen molar-refractivity contribution in [3.63, 3.8) is 0 Å². The van der Waals surface area contributed by atoms with Gasteiger partial charge < -0.3 is 20.4 Å². The van der Waals surface area contributed by atoms with Gasteiger partial charge in [-0.2, -0.15) is 0 Å². The van der Waals surface area contributed by atoms with E-state index in [0.717, 1.165) is 0 Å². The lowest BCUT2D eigenvalue weighted by atomic mass is 10.4. The molecule has 0 aromatic heterocycles. The molecule has 0 aromatic carbocycles. The molecule has 0 fully saturated rings. The van der Waals surface area contributed by atoms with Gasteiger partial charge in [-0.15, -0.1) is 0 Å². The first kappa shape index (κ1) is 12.8. The largest absolute Gasteiger partial charge is 0.393 e. The van der Waals surface area contributed by atoms with Crippen LogP contribution in [-0.4, -0.2) is 57.8 Å². The Morgan fingerprint density at radius 3 is 1.43 bits per heavy atom. The van der Waals surface area contributed by atoms with Crippen LogP contribution in [-0.2, 0) is 19.4 Å². The third kappa shape index (κ3) is 4.14. The van der Waals surface area contributed by atoms with E-state index < -0.39 is 37.4 Å². The molecule has 0 aliphatic rings. The van der Waals surface area contributed by atoms with Crippen LogP contribution in [0.25, 0.3) is 0 Å². The fourth-order valence-electron chi connectivity index (χ4n) is 0.342. The minimum absolute atomic E-state index is 0.890. The summed E-state index contributed by atoms with van der Waals surface area (Å²) in [4.78, 5) is 28.5. The van der Waals surface area contributed by atoms with Gasteiger partial charge in [-0.1, -0.05) is 0 Å². The quantitative estimate of drug-likeness (QED) is 0.280. The highest BCUT2D eigenvalue weighted by molar-refractivity contribution is 5.77. The Morgan fingerprint density at radius 1 is 0.929 bits per heavy atom. The van der Waals surface area contributed by atoms with E-state index in [9.17, 15) is 9.59 Å². The van der Waals surface area contributed by atoms with Gasteiger partial charge in [0, 0.05) is 0 Å². The van der Waals surface area contributed by atoms with Crippen molar-refractivity contribution >= 4 is 11.9 Å². The molecule has 2 atom stereocenters. The molecule has 0 radical (unpaired) electrons. The van der Waals surface area contributed by atoms with E-state index in [1.54, 1.807) is 0 Å². The molecule has 8 nitrogen and oxygen atoms in total. The molecule has 0 saturated carbocycles. The molecule has 0 saturated heterocycles. The summed E-state index contributed by atoms with van der Waals surface area (Å²) in [6.07, 6.45) is -3.65. The van der Waals surface area contributed by atoms with Crippen molar-refractivity contribution in [2.24, 2.45) is 0 Å². The van der Waals surface area contributed by atoms with Crippen molar-refractivity contribution in [1.29, 1.82) is 0 Å². The van der Waals surface area contributed by atoms with Gasteiger partial charge in [0.25, 0.3) is 0 Å². The predicted octanol–water partition coefficient (Wildman–Crippen LogP) is -3.31. The predicted molar refractivity (Wildman–Crippen MR) is 38.4 cm³/mol. The summed E-state index contributed by atoms with van der Waals surface area (Å²) in [7, 11) is 0. The third-order valence-corrected chi connectivity index (χ3v) is 1.10. The lowest BCUT2D eigenvalue weighted by molar-refractivity contribution is -0.270. The van der Waals surface area contributed by atoms with Crippen molar-refractivity contribution in [3.8, 4) is 0 Å². The lowest BCUT2D eigenvalue weighted by Gasteiger charge is -2.07. The Bertz CT molecular complexity index is 180. The molecule has 0 aliphatic carbocycles. The minimum atomic E-state index is -1.82. The number of hydrogen-bond acceptors (Lipinski definition) is 8. The fourth-order valence-corrected chi connectivity index (χ4v) is 0.342. The Balaban J connectivity index is 3.83. The van der Waals surface area contributed by atoms with E-state index in [0.29, 0.717) is 0 Å². The zero-order valence-corrected chi connectivity index (χ0v) is 6.99. The molecular weight excluding hydrogens is 200 g/mol. The standard InChI is InChI=1S/C6H10O8/c7-1-3(9)5(11)13-14-6(12)4(10)2-8/h3-4,7-10H,1-2H2. The highest BCUT2D eigenvalue weighted by Crippen LogP contribution is 1.92. The average Bonchev–Trinajstić information content (AvgIpc) is 2.22. The summed E-state index contributed by atoms with van der Waals surface area (Å²) >= 11 is 0. The van der Waals surface area contributed by atoms with Crippen molar-refractivity contribution in [2.75, 3.05) is 13.2 Å². The monoisotopic (exact) mass is 210 g/mol. The van der Waals surface area contributed by atoms with Crippen LogP contribution in [0.1, 0.15) is 0 Å². The van der Waals surface area contributed by atoms with Gasteiger partial charge in [-0.3, -0.25) is 0 Å². The van der Waals surface area contributed by atoms with Gasteiger partial charge in [0.1, 0.15) is 0 Å². The zero-order valence-electron chi connectivity index (χ0n) is 6.99. The summed E-state index contributed by atoms with van der Waals surface area (Å²) < 4.78 is 0. The van der Waals surface area contributed by atoms with Crippen LogP contribution in [0, 0.1) is 0 Å². The van der Waals surface area contributed by atoms with Crippen LogP contribution in [0.4, 0.5) is 0 Å². The Morgan fingerprint density at radius 2 is 1.21 bits per heavy atom. The van der Waals surface area contributed by atoms with Gasteiger partial charge in [-0.25, -0.2) is 19.4 Å². The van der Waals surface area contributed by atoms with Crippen LogP contribution in [0.15, 0.2) is 0 Å². The van der Waals surface area contributed by atoms with Gasteiger partial charge in [0.2, 0.25) is 0 Å². The van der Waals surface area contributed by atoms with Gasteiger partial charge in [-0.05, 0) is 0 Å². The van der Waals surface area contributed by atoms with E-state index in [2.05, 4.69) is 9.78 Å². The molecule has 0 spiro atoms. The molecule has 8 heteroatoms. The summed E-state index contributed by atoms with van der Waals surface area (Å²) in [6, 6.07) is 0. The molecule has 4 N–H and O–H groups in total. The van der Waals surface area contributed by atoms with Crippen LogP contribution >= 0.6 is 0 Å². The number of carbonyl (C=O) groups excluding carboxylic acids is 2. The first-order chi connectivity index (χ1) is 6.52. The average molecular weight is 210 g/mol. The highest BCUT2D eigenvalue weighted by atomic mass is 17.2. The second-order valence-electron chi connectivity index (χ2n) is 2.20. The zero-order chi connectivity index (χ0) is 11.1. The first-order valence-corrected chi connectivity index (χ1v) is 3.53. The number of hydrogen-bond donors (Lipinski definition) is 4. The summed E-state index contributed by atoms with van der Waals surface area (Å²) in [5.74, 6) is -2.77. The molecule has 0 aromatic rings. The lowest BCUT2D eigenvalue weighted by Crippen LogP contribution is -2.31. The van der Waals surface area contributed by atoms with E-state index in [1.807, 2.05) is 0 Å². The van der Waals surface area contributed by atoms with Gasteiger partial charge >= 0.3 is 11.9 Å².